The Balaban J connectivity index is 2.05. The summed E-state index contributed by atoms with van der Waals surface area (Å²) in [6.45, 7) is 3.42. The number of hydrogen-bond acceptors (Lipinski definition) is 4. The smallest absolute Gasteiger partial charge is 0.235 e. The van der Waals surface area contributed by atoms with E-state index in [1.165, 1.54) is 18.2 Å². The Morgan fingerprint density at radius 2 is 1.79 bits per heavy atom. The lowest BCUT2D eigenvalue weighted by atomic mass is 10.0. The number of fused-ring (bicyclic) bond motifs is 1. The molecule has 1 fully saturated rings. The van der Waals surface area contributed by atoms with Gasteiger partial charge in [0.2, 0.25) is 5.78 Å². The number of aryl methyl sites for hydroxylation is 1. The molecular formula is C17H16F2N4S. The summed E-state index contributed by atoms with van der Waals surface area (Å²) in [6, 6.07) is 3.95. The highest BCUT2D eigenvalue weighted by Gasteiger charge is 2.25. The molecule has 1 saturated heterocycles. The van der Waals surface area contributed by atoms with Crippen LogP contribution in [0.3, 0.4) is 0 Å². The fraction of sp³-hybridized carbons (Fsp3) is 0.294. The average molecular weight is 346 g/mol. The fourth-order valence-electron chi connectivity index (χ4n) is 3.15. The quantitative estimate of drug-likeness (QED) is 0.711. The largest absolute Gasteiger partial charge is 0.355 e. The molecule has 0 radical (unpaired) electrons. The van der Waals surface area contributed by atoms with Gasteiger partial charge in [0.25, 0.3) is 0 Å². The third-order valence-corrected chi connectivity index (χ3v) is 5.17. The number of hydrogen-bond donors (Lipinski definition) is 0. The first-order valence-electron chi connectivity index (χ1n) is 7.77. The SMILES string of the molecule is Cc1nc2nccn2c(N2CCSCC2)c1-c1c(F)cccc1F. The summed E-state index contributed by atoms with van der Waals surface area (Å²) in [5, 5.41) is 0. The van der Waals surface area contributed by atoms with Crippen molar-refractivity contribution in [3.05, 3.63) is 47.9 Å². The van der Waals surface area contributed by atoms with Gasteiger partial charge in [-0.2, -0.15) is 11.8 Å². The Morgan fingerprint density at radius 3 is 2.50 bits per heavy atom. The van der Waals surface area contributed by atoms with Crippen molar-refractivity contribution in [3.8, 4) is 11.1 Å². The topological polar surface area (TPSA) is 33.4 Å². The summed E-state index contributed by atoms with van der Waals surface area (Å²) in [6.07, 6.45) is 3.45. The van der Waals surface area contributed by atoms with Crippen LogP contribution in [0, 0.1) is 18.6 Å². The van der Waals surface area contributed by atoms with Crippen molar-refractivity contribution in [3.63, 3.8) is 0 Å². The first-order valence-corrected chi connectivity index (χ1v) is 8.93. The van der Waals surface area contributed by atoms with Crippen molar-refractivity contribution < 1.29 is 8.78 Å². The molecule has 0 N–H and O–H groups in total. The maximum Gasteiger partial charge on any atom is 0.235 e. The van der Waals surface area contributed by atoms with E-state index in [0.29, 0.717) is 17.0 Å². The Bertz CT molecular complexity index is 883. The van der Waals surface area contributed by atoms with Crippen molar-refractivity contribution in [1.82, 2.24) is 14.4 Å². The molecule has 0 amide bonds. The number of thioether (sulfide) groups is 1. The van der Waals surface area contributed by atoms with Gasteiger partial charge in [0.15, 0.2) is 0 Å². The van der Waals surface area contributed by atoms with Crippen LogP contribution >= 0.6 is 11.8 Å². The molecule has 124 valence electrons. The van der Waals surface area contributed by atoms with E-state index in [1.54, 1.807) is 19.3 Å². The number of imidazole rings is 1. The van der Waals surface area contributed by atoms with E-state index < -0.39 is 11.6 Å². The van der Waals surface area contributed by atoms with Gasteiger partial charge in [0, 0.05) is 37.0 Å². The average Bonchev–Trinajstić information content (AvgIpc) is 3.03. The number of anilines is 1. The van der Waals surface area contributed by atoms with Crippen molar-refractivity contribution in [1.29, 1.82) is 0 Å². The molecule has 0 atom stereocenters. The molecule has 0 spiro atoms. The Labute approximate surface area is 142 Å². The molecule has 2 aromatic heterocycles. The predicted octanol–water partition coefficient (Wildman–Crippen LogP) is 3.54. The van der Waals surface area contributed by atoms with Crippen molar-refractivity contribution >= 4 is 23.4 Å². The predicted molar refractivity (Wildman–Crippen MR) is 92.6 cm³/mol. The minimum atomic E-state index is -0.577. The normalized spacial score (nSPS) is 15.2. The first kappa shape index (κ1) is 15.4. The molecule has 3 aromatic rings. The standard InChI is InChI=1S/C17H16F2N4S/c1-11-14(15-12(18)3-2-4-13(15)19)16(22-7-9-24-10-8-22)23-6-5-20-17(23)21-11/h2-6H,7-10H2,1H3. The molecule has 0 saturated carbocycles. The molecule has 1 aromatic carbocycles. The van der Waals surface area contributed by atoms with Gasteiger partial charge in [-0.05, 0) is 19.1 Å². The Kier molecular flexibility index (Phi) is 3.88. The van der Waals surface area contributed by atoms with E-state index >= 15 is 0 Å². The van der Waals surface area contributed by atoms with E-state index in [0.717, 1.165) is 30.4 Å². The second kappa shape index (κ2) is 6.05. The van der Waals surface area contributed by atoms with E-state index in [9.17, 15) is 8.78 Å². The zero-order chi connectivity index (χ0) is 16.7. The minimum absolute atomic E-state index is 0.0219. The van der Waals surface area contributed by atoms with Crippen LogP contribution < -0.4 is 4.90 Å². The lowest BCUT2D eigenvalue weighted by molar-refractivity contribution is 0.589. The molecule has 0 unspecified atom stereocenters. The molecular weight excluding hydrogens is 330 g/mol. The molecule has 3 heterocycles. The minimum Gasteiger partial charge on any atom is -0.355 e. The van der Waals surface area contributed by atoms with Crippen LogP contribution in [-0.2, 0) is 0 Å². The molecule has 4 nitrogen and oxygen atoms in total. The summed E-state index contributed by atoms with van der Waals surface area (Å²) in [5.74, 6) is 2.12. The highest BCUT2D eigenvalue weighted by atomic mass is 32.2. The van der Waals surface area contributed by atoms with Crippen LogP contribution in [-0.4, -0.2) is 39.0 Å². The first-order chi connectivity index (χ1) is 11.7. The number of benzene rings is 1. The number of aromatic nitrogens is 3. The van der Waals surface area contributed by atoms with Gasteiger partial charge in [-0.1, -0.05) is 6.07 Å². The second-order valence-corrected chi connectivity index (χ2v) is 6.91. The molecule has 0 aliphatic carbocycles. The van der Waals surface area contributed by atoms with Crippen LogP contribution in [0.5, 0.6) is 0 Å². The Hall–Kier alpha value is -2.15. The zero-order valence-corrected chi connectivity index (χ0v) is 14.0. The third-order valence-electron chi connectivity index (χ3n) is 4.23. The van der Waals surface area contributed by atoms with E-state index in [4.69, 9.17) is 0 Å². The highest BCUT2D eigenvalue weighted by molar-refractivity contribution is 7.99. The summed E-state index contributed by atoms with van der Waals surface area (Å²) < 4.78 is 30.8. The number of rotatable bonds is 2. The second-order valence-electron chi connectivity index (χ2n) is 5.69. The van der Waals surface area contributed by atoms with Gasteiger partial charge >= 0.3 is 0 Å². The van der Waals surface area contributed by atoms with Crippen molar-refractivity contribution in [2.24, 2.45) is 0 Å². The number of halogens is 2. The highest BCUT2D eigenvalue weighted by Crippen LogP contribution is 2.37. The third kappa shape index (κ3) is 2.43. The van der Waals surface area contributed by atoms with E-state index in [-0.39, 0.29) is 5.56 Å². The van der Waals surface area contributed by atoms with Crippen LogP contribution in [0.4, 0.5) is 14.6 Å². The maximum atomic E-state index is 14.5. The van der Waals surface area contributed by atoms with Gasteiger partial charge in [0.1, 0.15) is 17.5 Å². The summed E-state index contributed by atoms with van der Waals surface area (Å²) in [7, 11) is 0. The van der Waals surface area contributed by atoms with Crippen molar-refractivity contribution in [2.75, 3.05) is 29.5 Å². The Morgan fingerprint density at radius 1 is 1.08 bits per heavy atom. The molecule has 0 bridgehead atoms. The van der Waals surface area contributed by atoms with E-state index in [2.05, 4.69) is 14.9 Å². The van der Waals surface area contributed by atoms with E-state index in [1.807, 2.05) is 16.2 Å². The van der Waals surface area contributed by atoms with Crippen LogP contribution in [0.25, 0.3) is 16.9 Å². The van der Waals surface area contributed by atoms with Gasteiger partial charge in [-0.3, -0.25) is 4.40 Å². The number of nitrogens with zero attached hydrogens (tertiary/aromatic N) is 4. The van der Waals surface area contributed by atoms with Crippen LogP contribution in [0.15, 0.2) is 30.6 Å². The van der Waals surface area contributed by atoms with Crippen LogP contribution in [0.1, 0.15) is 5.69 Å². The lowest BCUT2D eigenvalue weighted by Gasteiger charge is -2.31. The van der Waals surface area contributed by atoms with Gasteiger partial charge in [0.05, 0.1) is 16.8 Å². The van der Waals surface area contributed by atoms with Gasteiger partial charge in [-0.15, -0.1) is 0 Å². The lowest BCUT2D eigenvalue weighted by Crippen LogP contribution is -2.34. The zero-order valence-electron chi connectivity index (χ0n) is 13.2. The molecule has 4 rings (SSSR count). The van der Waals surface area contributed by atoms with Gasteiger partial charge in [-0.25, -0.2) is 18.7 Å². The molecule has 7 heteroatoms. The van der Waals surface area contributed by atoms with Crippen LogP contribution in [0.2, 0.25) is 0 Å². The van der Waals surface area contributed by atoms with Gasteiger partial charge < -0.3 is 4.90 Å². The maximum absolute atomic E-state index is 14.5. The summed E-state index contributed by atoms with van der Waals surface area (Å²) in [4.78, 5) is 10.9. The summed E-state index contributed by atoms with van der Waals surface area (Å²) in [5.41, 5.74) is 1.06. The summed E-state index contributed by atoms with van der Waals surface area (Å²) >= 11 is 1.88. The van der Waals surface area contributed by atoms with Crippen molar-refractivity contribution in [2.45, 2.75) is 6.92 Å². The molecule has 24 heavy (non-hydrogen) atoms. The molecule has 1 aliphatic heterocycles. The monoisotopic (exact) mass is 346 g/mol. The molecule has 1 aliphatic rings. The fourth-order valence-corrected chi connectivity index (χ4v) is 4.05.